The van der Waals surface area contributed by atoms with E-state index in [0.717, 1.165) is 6.07 Å². The molecule has 0 bridgehead atoms. The van der Waals surface area contributed by atoms with Gasteiger partial charge in [0.05, 0.1) is 5.02 Å². The second-order valence-corrected chi connectivity index (χ2v) is 4.30. The molecule has 0 saturated carbocycles. The lowest BCUT2D eigenvalue weighted by atomic mass is 10.2. The Hall–Kier alpha value is -1.36. The van der Waals surface area contributed by atoms with Crippen molar-refractivity contribution in [2.75, 3.05) is 18.4 Å². The first-order valence-electron chi connectivity index (χ1n) is 5.85. The number of hydrogen-bond donors (Lipinski definition) is 1. The molecule has 0 aliphatic carbocycles. The van der Waals surface area contributed by atoms with Crippen LogP contribution in [0.3, 0.4) is 0 Å². The molecule has 100 valence electrons. The lowest BCUT2D eigenvalue weighted by molar-refractivity contribution is -0.131. The number of nitrogens with zero attached hydrogens (tertiary/aromatic N) is 2. The summed E-state index contributed by atoms with van der Waals surface area (Å²) in [6.07, 6.45) is 1.33. The second kappa shape index (κ2) is 6.54. The van der Waals surface area contributed by atoms with Crippen molar-refractivity contribution in [3.05, 3.63) is 23.1 Å². The SMILES string of the molecule is CCN(CC)C(=O)C(C)Nc1ncc(Cl)cc1F. The summed E-state index contributed by atoms with van der Waals surface area (Å²) in [6, 6.07) is 0.624. The van der Waals surface area contributed by atoms with E-state index >= 15 is 0 Å². The zero-order valence-corrected chi connectivity index (χ0v) is 11.5. The molecule has 1 aromatic heterocycles. The number of anilines is 1. The number of hydrogen-bond acceptors (Lipinski definition) is 3. The molecule has 0 aromatic carbocycles. The molecule has 18 heavy (non-hydrogen) atoms. The van der Waals surface area contributed by atoms with Crippen LogP contribution in [0.1, 0.15) is 20.8 Å². The fourth-order valence-corrected chi connectivity index (χ4v) is 1.74. The third-order valence-electron chi connectivity index (χ3n) is 2.61. The Labute approximate surface area is 111 Å². The van der Waals surface area contributed by atoms with Gasteiger partial charge in [-0.05, 0) is 26.8 Å². The number of pyridine rings is 1. The third kappa shape index (κ3) is 3.57. The summed E-state index contributed by atoms with van der Waals surface area (Å²) in [5.74, 6) is -0.620. The molecule has 1 aromatic rings. The molecule has 0 spiro atoms. The van der Waals surface area contributed by atoms with Crippen molar-refractivity contribution in [2.45, 2.75) is 26.8 Å². The van der Waals surface area contributed by atoms with Crippen molar-refractivity contribution in [1.82, 2.24) is 9.88 Å². The van der Waals surface area contributed by atoms with Crippen LogP contribution in [0.2, 0.25) is 5.02 Å². The van der Waals surface area contributed by atoms with Gasteiger partial charge < -0.3 is 10.2 Å². The third-order valence-corrected chi connectivity index (χ3v) is 2.81. The summed E-state index contributed by atoms with van der Waals surface area (Å²) in [5, 5.41) is 2.97. The van der Waals surface area contributed by atoms with Crippen molar-refractivity contribution in [1.29, 1.82) is 0 Å². The first kappa shape index (κ1) is 14.7. The number of aromatic nitrogens is 1. The van der Waals surface area contributed by atoms with Crippen LogP contribution in [0, 0.1) is 5.82 Å². The number of nitrogens with one attached hydrogen (secondary N) is 1. The smallest absolute Gasteiger partial charge is 0.244 e. The number of carbonyl (C=O) groups is 1. The first-order valence-corrected chi connectivity index (χ1v) is 6.23. The minimum atomic E-state index is -0.568. The molecule has 1 N–H and O–H groups in total. The van der Waals surface area contributed by atoms with Crippen LogP contribution in [-0.4, -0.2) is 34.9 Å². The normalized spacial score (nSPS) is 12.1. The monoisotopic (exact) mass is 273 g/mol. The zero-order chi connectivity index (χ0) is 13.7. The summed E-state index contributed by atoms with van der Waals surface area (Å²) in [7, 11) is 0. The van der Waals surface area contributed by atoms with Crippen LogP contribution in [0.25, 0.3) is 0 Å². The molecule has 0 saturated heterocycles. The minimum Gasteiger partial charge on any atom is -0.356 e. The van der Waals surface area contributed by atoms with Crippen LogP contribution >= 0.6 is 11.6 Å². The molecule has 0 aliphatic rings. The topological polar surface area (TPSA) is 45.2 Å². The predicted molar refractivity (Wildman–Crippen MR) is 70.2 cm³/mol. The van der Waals surface area contributed by atoms with Gasteiger partial charge in [0.25, 0.3) is 0 Å². The molecule has 1 rings (SSSR count). The molecule has 1 amide bonds. The molecular weight excluding hydrogens is 257 g/mol. The van der Waals surface area contributed by atoms with E-state index in [0.29, 0.717) is 13.1 Å². The van der Waals surface area contributed by atoms with Crippen LogP contribution in [0.15, 0.2) is 12.3 Å². The molecule has 4 nitrogen and oxygen atoms in total. The number of halogens is 2. The fourth-order valence-electron chi connectivity index (χ4n) is 1.60. The lowest BCUT2D eigenvalue weighted by Gasteiger charge is -2.23. The minimum absolute atomic E-state index is 0.0346. The van der Waals surface area contributed by atoms with Gasteiger partial charge >= 0.3 is 0 Å². The highest BCUT2D eigenvalue weighted by atomic mass is 35.5. The van der Waals surface area contributed by atoms with Gasteiger partial charge in [-0.2, -0.15) is 0 Å². The van der Waals surface area contributed by atoms with Gasteiger partial charge in [0.2, 0.25) is 5.91 Å². The van der Waals surface area contributed by atoms with Crippen LogP contribution in [0.4, 0.5) is 10.2 Å². The maximum Gasteiger partial charge on any atom is 0.244 e. The maximum atomic E-state index is 13.5. The van der Waals surface area contributed by atoms with E-state index in [1.165, 1.54) is 6.20 Å². The van der Waals surface area contributed by atoms with Gasteiger partial charge in [0, 0.05) is 19.3 Å². The van der Waals surface area contributed by atoms with E-state index in [1.807, 2.05) is 13.8 Å². The van der Waals surface area contributed by atoms with E-state index in [2.05, 4.69) is 10.3 Å². The van der Waals surface area contributed by atoms with E-state index in [1.54, 1.807) is 11.8 Å². The molecule has 1 atom stereocenters. The summed E-state index contributed by atoms with van der Waals surface area (Å²) < 4.78 is 13.5. The van der Waals surface area contributed by atoms with Gasteiger partial charge in [-0.1, -0.05) is 11.6 Å². The quantitative estimate of drug-likeness (QED) is 0.897. The standard InChI is InChI=1S/C12H17ClFN3O/c1-4-17(5-2)12(18)8(3)16-11-10(14)6-9(13)7-15-11/h6-8H,4-5H2,1-3H3,(H,15,16). The predicted octanol–water partition coefficient (Wildman–Crippen LogP) is 2.54. The second-order valence-electron chi connectivity index (χ2n) is 3.86. The first-order chi connectivity index (χ1) is 8.49. The summed E-state index contributed by atoms with van der Waals surface area (Å²) >= 11 is 5.61. The van der Waals surface area contributed by atoms with Crippen molar-refractivity contribution >= 4 is 23.3 Å². The summed E-state index contributed by atoms with van der Waals surface area (Å²) in [4.78, 5) is 17.5. The Morgan fingerprint density at radius 2 is 2.17 bits per heavy atom. The molecule has 0 radical (unpaired) electrons. The van der Waals surface area contributed by atoms with E-state index in [9.17, 15) is 9.18 Å². The van der Waals surface area contributed by atoms with E-state index < -0.39 is 11.9 Å². The average Bonchev–Trinajstić information content (AvgIpc) is 2.34. The van der Waals surface area contributed by atoms with Crippen molar-refractivity contribution in [3.8, 4) is 0 Å². The number of rotatable bonds is 5. The van der Waals surface area contributed by atoms with Gasteiger partial charge in [0.1, 0.15) is 6.04 Å². The number of carbonyl (C=O) groups excluding carboxylic acids is 1. The summed E-state index contributed by atoms with van der Waals surface area (Å²) in [6.45, 7) is 6.72. The zero-order valence-electron chi connectivity index (χ0n) is 10.7. The molecule has 0 fully saturated rings. The summed E-state index contributed by atoms with van der Waals surface area (Å²) in [5.41, 5.74) is 0. The maximum absolute atomic E-state index is 13.5. The highest BCUT2D eigenvalue weighted by Gasteiger charge is 2.19. The lowest BCUT2D eigenvalue weighted by Crippen LogP contribution is -2.41. The van der Waals surface area contributed by atoms with E-state index in [-0.39, 0.29) is 16.7 Å². The van der Waals surface area contributed by atoms with E-state index in [4.69, 9.17) is 11.6 Å². The largest absolute Gasteiger partial charge is 0.356 e. The molecule has 0 aliphatic heterocycles. The highest BCUT2D eigenvalue weighted by Crippen LogP contribution is 2.16. The Kier molecular flexibility index (Phi) is 5.34. The van der Waals surface area contributed by atoms with Gasteiger partial charge in [-0.25, -0.2) is 9.37 Å². The van der Waals surface area contributed by atoms with Gasteiger partial charge in [-0.3, -0.25) is 4.79 Å². The molecule has 1 heterocycles. The van der Waals surface area contributed by atoms with Gasteiger partial charge in [-0.15, -0.1) is 0 Å². The Morgan fingerprint density at radius 1 is 1.56 bits per heavy atom. The van der Waals surface area contributed by atoms with Crippen LogP contribution < -0.4 is 5.32 Å². The molecule has 1 unspecified atom stereocenters. The van der Waals surface area contributed by atoms with Crippen molar-refractivity contribution in [2.24, 2.45) is 0 Å². The highest BCUT2D eigenvalue weighted by molar-refractivity contribution is 6.30. The van der Waals surface area contributed by atoms with Crippen molar-refractivity contribution in [3.63, 3.8) is 0 Å². The van der Waals surface area contributed by atoms with Crippen LogP contribution in [0.5, 0.6) is 0 Å². The fraction of sp³-hybridized carbons (Fsp3) is 0.500. The van der Waals surface area contributed by atoms with Crippen LogP contribution in [-0.2, 0) is 4.79 Å². The molecular formula is C12H17ClFN3O. The Bertz CT molecular complexity index is 424. The average molecular weight is 274 g/mol. The molecule has 6 heteroatoms. The number of likely N-dealkylation sites (N-methyl/N-ethyl adjacent to an activating group) is 1. The number of amides is 1. The Balaban J connectivity index is 2.75. The Morgan fingerprint density at radius 3 is 2.67 bits per heavy atom. The van der Waals surface area contributed by atoms with Gasteiger partial charge in [0.15, 0.2) is 11.6 Å². The van der Waals surface area contributed by atoms with Crippen molar-refractivity contribution < 1.29 is 9.18 Å².